The Hall–Kier alpha value is -2.51. The Morgan fingerprint density at radius 3 is 2.85 bits per heavy atom. The Bertz CT molecular complexity index is 728. The SMILES string of the molecule is O=C(CNc1nnc(-c2cccnc2)s1)N/N=C/[C@H](O)[C@@H](O)[C@H](O)CO. The van der Waals surface area contributed by atoms with E-state index in [9.17, 15) is 15.0 Å². The Morgan fingerprint density at radius 2 is 2.15 bits per heavy atom. The highest BCUT2D eigenvalue weighted by atomic mass is 32.1. The molecular weight excluding hydrogens is 364 g/mol. The van der Waals surface area contributed by atoms with Crippen LogP contribution in [0.15, 0.2) is 29.6 Å². The van der Waals surface area contributed by atoms with E-state index >= 15 is 0 Å². The van der Waals surface area contributed by atoms with Gasteiger partial charge in [0.2, 0.25) is 5.13 Å². The molecular formula is C14H18N6O5S. The summed E-state index contributed by atoms with van der Waals surface area (Å²) < 4.78 is 0. The fourth-order valence-corrected chi connectivity index (χ4v) is 2.43. The number of hydrogen-bond donors (Lipinski definition) is 6. The molecule has 0 aliphatic heterocycles. The first-order valence-electron chi connectivity index (χ1n) is 7.46. The van der Waals surface area contributed by atoms with E-state index in [0.717, 1.165) is 11.8 Å². The van der Waals surface area contributed by atoms with Gasteiger partial charge in [0, 0.05) is 18.0 Å². The van der Waals surface area contributed by atoms with E-state index < -0.39 is 30.8 Å². The standard InChI is InChI=1S/C14H18N6O5S/c21-7-10(23)12(25)9(22)5-17-18-11(24)6-16-14-20-19-13(26-14)8-2-1-3-15-4-8/h1-5,9-10,12,21-23,25H,6-7H2,(H,16,20)(H,18,24)/b17-5+/t9-,10+,12+/m0/s1. The molecule has 0 aliphatic carbocycles. The second-order valence-corrected chi connectivity index (χ2v) is 6.03. The molecule has 26 heavy (non-hydrogen) atoms. The van der Waals surface area contributed by atoms with E-state index in [0.29, 0.717) is 10.1 Å². The van der Waals surface area contributed by atoms with Gasteiger partial charge in [-0.1, -0.05) is 11.3 Å². The monoisotopic (exact) mass is 382 g/mol. The lowest BCUT2D eigenvalue weighted by Gasteiger charge is -2.17. The first-order valence-corrected chi connectivity index (χ1v) is 8.27. The van der Waals surface area contributed by atoms with Crippen molar-refractivity contribution in [3.63, 3.8) is 0 Å². The molecule has 2 aromatic rings. The van der Waals surface area contributed by atoms with Gasteiger partial charge in [0.15, 0.2) is 5.01 Å². The minimum atomic E-state index is -1.62. The van der Waals surface area contributed by atoms with Crippen molar-refractivity contribution in [2.75, 3.05) is 18.5 Å². The van der Waals surface area contributed by atoms with Gasteiger partial charge >= 0.3 is 0 Å². The van der Waals surface area contributed by atoms with E-state index in [-0.39, 0.29) is 6.54 Å². The van der Waals surface area contributed by atoms with E-state index in [1.54, 1.807) is 18.5 Å². The molecule has 2 rings (SSSR count). The van der Waals surface area contributed by atoms with Crippen LogP contribution < -0.4 is 10.7 Å². The summed E-state index contributed by atoms with van der Waals surface area (Å²) in [5.74, 6) is -0.524. The summed E-state index contributed by atoms with van der Waals surface area (Å²) in [5.41, 5.74) is 2.94. The lowest BCUT2D eigenvalue weighted by molar-refractivity contribution is -0.119. The van der Waals surface area contributed by atoms with Crippen LogP contribution in [0.1, 0.15) is 0 Å². The topological polar surface area (TPSA) is 173 Å². The molecule has 1 amide bonds. The number of anilines is 1. The van der Waals surface area contributed by atoms with Crippen LogP contribution >= 0.6 is 11.3 Å². The fraction of sp³-hybridized carbons (Fsp3) is 0.357. The summed E-state index contributed by atoms with van der Waals surface area (Å²) in [6, 6.07) is 3.62. The Morgan fingerprint density at radius 1 is 1.35 bits per heavy atom. The zero-order chi connectivity index (χ0) is 18.9. The fourth-order valence-electron chi connectivity index (χ4n) is 1.71. The van der Waals surface area contributed by atoms with Crippen LogP contribution in [0.25, 0.3) is 10.6 Å². The number of amides is 1. The first-order chi connectivity index (χ1) is 12.5. The van der Waals surface area contributed by atoms with Gasteiger partial charge in [-0.15, -0.1) is 10.2 Å². The van der Waals surface area contributed by atoms with Crippen molar-refractivity contribution < 1.29 is 25.2 Å². The molecule has 0 bridgehead atoms. The van der Waals surface area contributed by atoms with Crippen molar-refractivity contribution in [3.05, 3.63) is 24.5 Å². The lowest BCUT2D eigenvalue weighted by Crippen LogP contribution is -2.40. The predicted molar refractivity (Wildman–Crippen MR) is 93.4 cm³/mol. The molecule has 0 aromatic carbocycles. The van der Waals surface area contributed by atoms with E-state index in [4.69, 9.17) is 10.2 Å². The van der Waals surface area contributed by atoms with Crippen molar-refractivity contribution >= 4 is 28.6 Å². The molecule has 12 heteroatoms. The zero-order valence-electron chi connectivity index (χ0n) is 13.4. The van der Waals surface area contributed by atoms with Crippen molar-refractivity contribution in [3.8, 4) is 10.6 Å². The Kier molecular flexibility index (Phi) is 7.50. The van der Waals surface area contributed by atoms with Crippen LogP contribution in [-0.2, 0) is 4.79 Å². The van der Waals surface area contributed by atoms with Crippen LogP contribution in [0, 0.1) is 0 Å². The van der Waals surface area contributed by atoms with Crippen molar-refractivity contribution in [1.82, 2.24) is 20.6 Å². The number of pyridine rings is 1. The molecule has 0 saturated carbocycles. The minimum Gasteiger partial charge on any atom is -0.394 e. The van der Waals surface area contributed by atoms with Crippen molar-refractivity contribution in [1.29, 1.82) is 0 Å². The second kappa shape index (κ2) is 9.84. The Labute approximate surface area is 152 Å². The van der Waals surface area contributed by atoms with Gasteiger partial charge < -0.3 is 25.7 Å². The molecule has 3 atom stereocenters. The highest BCUT2D eigenvalue weighted by Crippen LogP contribution is 2.24. The minimum absolute atomic E-state index is 0.142. The van der Waals surface area contributed by atoms with E-state index in [1.807, 2.05) is 6.07 Å². The smallest absolute Gasteiger partial charge is 0.259 e. The third-order valence-corrected chi connectivity index (χ3v) is 4.01. The van der Waals surface area contributed by atoms with Crippen molar-refractivity contribution in [2.24, 2.45) is 5.10 Å². The summed E-state index contributed by atoms with van der Waals surface area (Å²) in [5, 5.41) is 52.0. The molecule has 0 radical (unpaired) electrons. The maximum absolute atomic E-state index is 11.7. The lowest BCUT2D eigenvalue weighted by atomic mass is 10.1. The van der Waals surface area contributed by atoms with Gasteiger partial charge in [0.1, 0.15) is 18.3 Å². The van der Waals surface area contributed by atoms with Crippen LogP contribution in [0.3, 0.4) is 0 Å². The van der Waals surface area contributed by atoms with Gasteiger partial charge in [0.05, 0.1) is 19.4 Å². The maximum atomic E-state index is 11.7. The summed E-state index contributed by atoms with van der Waals surface area (Å²) in [6.45, 7) is -0.859. The number of carbonyl (C=O) groups is 1. The quantitative estimate of drug-likeness (QED) is 0.216. The highest BCUT2D eigenvalue weighted by Gasteiger charge is 2.22. The average molecular weight is 382 g/mol. The third kappa shape index (κ3) is 5.79. The number of aromatic nitrogens is 3. The molecule has 0 fully saturated rings. The summed E-state index contributed by atoms with van der Waals surface area (Å²) in [4.78, 5) is 15.7. The summed E-state index contributed by atoms with van der Waals surface area (Å²) in [6.07, 6.45) is -0.539. The second-order valence-electron chi connectivity index (χ2n) is 5.05. The van der Waals surface area contributed by atoms with Crippen LogP contribution in [0.4, 0.5) is 5.13 Å². The molecule has 6 N–H and O–H groups in total. The van der Waals surface area contributed by atoms with Gasteiger partial charge in [-0.25, -0.2) is 5.43 Å². The third-order valence-electron chi connectivity index (χ3n) is 3.08. The molecule has 140 valence electrons. The maximum Gasteiger partial charge on any atom is 0.259 e. The van der Waals surface area contributed by atoms with Crippen LogP contribution in [0.5, 0.6) is 0 Å². The predicted octanol–water partition coefficient (Wildman–Crippen LogP) is -1.81. The molecule has 11 nitrogen and oxygen atoms in total. The highest BCUT2D eigenvalue weighted by molar-refractivity contribution is 7.18. The first kappa shape index (κ1) is 19.8. The number of hydrogen-bond acceptors (Lipinski definition) is 11. The van der Waals surface area contributed by atoms with Gasteiger partial charge in [-0.2, -0.15) is 5.10 Å². The Balaban J connectivity index is 1.77. The molecule has 0 unspecified atom stereocenters. The molecule has 0 saturated heterocycles. The number of aliphatic hydroxyl groups excluding tert-OH is 4. The van der Waals surface area contributed by atoms with Gasteiger partial charge in [0.25, 0.3) is 5.91 Å². The molecule has 0 aliphatic rings. The number of nitrogens with one attached hydrogen (secondary N) is 2. The normalized spacial score (nSPS) is 14.8. The number of hydrazone groups is 1. The van der Waals surface area contributed by atoms with Gasteiger partial charge in [-0.05, 0) is 12.1 Å². The van der Waals surface area contributed by atoms with E-state index in [2.05, 4.69) is 31.0 Å². The largest absolute Gasteiger partial charge is 0.394 e. The molecule has 0 spiro atoms. The molecule has 2 heterocycles. The average Bonchev–Trinajstić information content (AvgIpc) is 3.14. The molecule has 2 aromatic heterocycles. The van der Waals surface area contributed by atoms with Crippen molar-refractivity contribution in [2.45, 2.75) is 18.3 Å². The summed E-state index contributed by atoms with van der Waals surface area (Å²) in [7, 11) is 0. The van der Waals surface area contributed by atoms with E-state index in [1.165, 1.54) is 11.3 Å². The number of nitrogens with zero attached hydrogens (tertiary/aromatic N) is 4. The summed E-state index contributed by atoms with van der Waals surface area (Å²) >= 11 is 1.25. The van der Waals surface area contributed by atoms with Crippen LogP contribution in [-0.4, -0.2) is 79.2 Å². The van der Waals surface area contributed by atoms with Crippen LogP contribution in [0.2, 0.25) is 0 Å². The number of rotatable bonds is 9. The van der Waals surface area contributed by atoms with Gasteiger partial charge in [-0.3, -0.25) is 9.78 Å². The zero-order valence-corrected chi connectivity index (χ0v) is 14.2. The number of carbonyl (C=O) groups excluding carboxylic acids is 1. The number of aliphatic hydroxyl groups is 4.